The van der Waals surface area contributed by atoms with Crippen molar-refractivity contribution in [1.82, 2.24) is 0 Å². The molecule has 0 heterocycles. The third kappa shape index (κ3) is 3.42. The van der Waals surface area contributed by atoms with Gasteiger partial charge in [0.1, 0.15) is 5.60 Å². The van der Waals surface area contributed by atoms with E-state index in [1.165, 1.54) is 0 Å². The smallest absolute Gasteiger partial charge is 0.156 e. The van der Waals surface area contributed by atoms with Gasteiger partial charge in [-0.3, -0.25) is 4.79 Å². The van der Waals surface area contributed by atoms with E-state index in [1.54, 1.807) is 6.08 Å². The SMILES string of the molecule is CC/C(C#CC(O)(C(C)C)C1(C#N)CC1)=C/C(=O)CC1CC1. The summed E-state index contributed by atoms with van der Waals surface area (Å²) in [5, 5.41) is 20.3. The van der Waals surface area contributed by atoms with E-state index in [-0.39, 0.29) is 11.7 Å². The second-order valence-corrected chi connectivity index (χ2v) is 7.00. The Labute approximate surface area is 133 Å². The summed E-state index contributed by atoms with van der Waals surface area (Å²) in [4.78, 5) is 11.9. The summed E-state index contributed by atoms with van der Waals surface area (Å²) in [6, 6.07) is 2.25. The van der Waals surface area contributed by atoms with Crippen LogP contribution in [0, 0.1) is 40.4 Å². The number of carbonyl (C=O) groups excluding carboxylic acids is 1. The monoisotopic (exact) mass is 299 g/mol. The summed E-state index contributed by atoms with van der Waals surface area (Å²) in [5.41, 5.74) is -1.28. The number of nitriles is 1. The number of hydrogen-bond donors (Lipinski definition) is 1. The van der Waals surface area contributed by atoms with Crippen LogP contribution in [0.25, 0.3) is 0 Å². The zero-order valence-electron chi connectivity index (χ0n) is 13.8. The number of carbonyl (C=O) groups is 1. The quantitative estimate of drug-likeness (QED) is 0.604. The molecule has 2 aliphatic rings. The molecule has 2 rings (SSSR count). The van der Waals surface area contributed by atoms with E-state index in [4.69, 9.17) is 0 Å². The maximum absolute atomic E-state index is 11.9. The summed E-state index contributed by atoms with van der Waals surface area (Å²) in [5.74, 6) is 6.49. The molecular weight excluding hydrogens is 274 g/mol. The van der Waals surface area contributed by atoms with Crippen molar-refractivity contribution in [1.29, 1.82) is 5.26 Å². The van der Waals surface area contributed by atoms with Crippen LogP contribution < -0.4 is 0 Å². The summed E-state index contributed by atoms with van der Waals surface area (Å²) >= 11 is 0. The van der Waals surface area contributed by atoms with E-state index in [2.05, 4.69) is 17.9 Å². The van der Waals surface area contributed by atoms with Gasteiger partial charge in [0.05, 0.1) is 11.5 Å². The molecular formula is C19H25NO2. The van der Waals surface area contributed by atoms with Crippen molar-refractivity contribution < 1.29 is 9.90 Å². The van der Waals surface area contributed by atoms with Crippen molar-refractivity contribution in [3.63, 3.8) is 0 Å². The molecule has 0 amide bonds. The van der Waals surface area contributed by atoms with Crippen LogP contribution >= 0.6 is 0 Å². The molecule has 3 heteroatoms. The Morgan fingerprint density at radius 2 is 2.09 bits per heavy atom. The summed E-state index contributed by atoms with van der Waals surface area (Å²) in [7, 11) is 0. The first-order valence-corrected chi connectivity index (χ1v) is 8.27. The lowest BCUT2D eigenvalue weighted by Crippen LogP contribution is -2.42. The van der Waals surface area contributed by atoms with E-state index < -0.39 is 11.0 Å². The molecule has 0 aromatic carbocycles. The van der Waals surface area contributed by atoms with Crippen LogP contribution in [0.5, 0.6) is 0 Å². The minimum absolute atomic E-state index is 0.123. The Kier molecular flexibility index (Phi) is 4.78. The molecule has 1 N–H and O–H groups in total. The van der Waals surface area contributed by atoms with Gasteiger partial charge in [0.15, 0.2) is 5.78 Å². The van der Waals surface area contributed by atoms with Crippen molar-refractivity contribution in [2.45, 2.75) is 64.9 Å². The zero-order chi connectivity index (χ0) is 16.4. The summed E-state index contributed by atoms with van der Waals surface area (Å²) in [6.45, 7) is 5.73. The van der Waals surface area contributed by atoms with Crippen LogP contribution in [-0.4, -0.2) is 16.5 Å². The highest BCUT2D eigenvalue weighted by atomic mass is 16.3. The highest BCUT2D eigenvalue weighted by Crippen LogP contribution is 2.56. The van der Waals surface area contributed by atoms with Crippen LogP contribution in [0.15, 0.2) is 11.6 Å². The highest BCUT2D eigenvalue weighted by molar-refractivity contribution is 5.91. The minimum atomic E-state index is -1.30. The molecule has 22 heavy (non-hydrogen) atoms. The molecule has 3 nitrogen and oxygen atoms in total. The third-order valence-electron chi connectivity index (χ3n) is 4.85. The lowest BCUT2D eigenvalue weighted by atomic mass is 9.77. The van der Waals surface area contributed by atoms with Crippen molar-refractivity contribution in [3.8, 4) is 17.9 Å². The van der Waals surface area contributed by atoms with E-state index in [9.17, 15) is 15.2 Å². The van der Waals surface area contributed by atoms with Gasteiger partial charge in [-0.15, -0.1) is 0 Å². The lowest BCUT2D eigenvalue weighted by Gasteiger charge is -2.31. The Bertz CT molecular complexity index is 577. The number of aliphatic hydroxyl groups is 1. The third-order valence-corrected chi connectivity index (χ3v) is 4.85. The molecule has 0 spiro atoms. The maximum atomic E-state index is 11.9. The predicted molar refractivity (Wildman–Crippen MR) is 85.6 cm³/mol. The topological polar surface area (TPSA) is 61.1 Å². The van der Waals surface area contributed by atoms with Crippen molar-refractivity contribution >= 4 is 5.78 Å². The number of rotatable bonds is 6. The van der Waals surface area contributed by atoms with Crippen LogP contribution in [0.3, 0.4) is 0 Å². The van der Waals surface area contributed by atoms with E-state index in [0.29, 0.717) is 31.6 Å². The maximum Gasteiger partial charge on any atom is 0.156 e. The minimum Gasteiger partial charge on any atom is -0.376 e. The van der Waals surface area contributed by atoms with Crippen LogP contribution in [-0.2, 0) is 4.79 Å². The van der Waals surface area contributed by atoms with Crippen molar-refractivity contribution in [2.75, 3.05) is 0 Å². The Hall–Kier alpha value is -1.58. The Morgan fingerprint density at radius 3 is 2.50 bits per heavy atom. The van der Waals surface area contributed by atoms with E-state index >= 15 is 0 Å². The molecule has 0 aliphatic heterocycles. The van der Waals surface area contributed by atoms with Gasteiger partial charge in [0.2, 0.25) is 0 Å². The number of allylic oxidation sites excluding steroid dienone is 2. The van der Waals surface area contributed by atoms with E-state index in [0.717, 1.165) is 18.4 Å². The van der Waals surface area contributed by atoms with Gasteiger partial charge in [-0.05, 0) is 50.0 Å². The fraction of sp³-hybridized carbons (Fsp3) is 0.684. The van der Waals surface area contributed by atoms with Gasteiger partial charge in [0, 0.05) is 12.0 Å². The second-order valence-electron chi connectivity index (χ2n) is 7.00. The standard InChI is InChI=1S/C19H25NO2/c1-4-15(11-17(21)12-16-5-6-16)7-8-19(22,14(2)3)18(13-20)9-10-18/h11,14,16,22H,4-6,9-10,12H2,1-3H3/b15-11-. The molecule has 2 saturated carbocycles. The van der Waals surface area contributed by atoms with Gasteiger partial charge in [-0.25, -0.2) is 0 Å². The van der Waals surface area contributed by atoms with Crippen LogP contribution in [0.1, 0.15) is 59.3 Å². The predicted octanol–water partition coefficient (Wildman–Crippen LogP) is 3.39. The van der Waals surface area contributed by atoms with Gasteiger partial charge in [-0.2, -0.15) is 5.26 Å². The number of nitrogens with zero attached hydrogens (tertiary/aromatic N) is 1. The van der Waals surface area contributed by atoms with Crippen molar-refractivity contribution in [2.24, 2.45) is 17.3 Å². The second kappa shape index (κ2) is 6.27. The summed E-state index contributed by atoms with van der Waals surface area (Å²) < 4.78 is 0. The van der Waals surface area contributed by atoms with E-state index in [1.807, 2.05) is 20.8 Å². The first kappa shape index (κ1) is 16.8. The molecule has 1 atom stereocenters. The number of hydrogen-bond acceptors (Lipinski definition) is 3. The molecule has 0 aromatic rings. The molecule has 1 unspecified atom stereocenters. The summed E-state index contributed by atoms with van der Waals surface area (Å²) in [6.07, 6.45) is 6.60. The first-order chi connectivity index (χ1) is 10.4. The molecule has 2 aliphatic carbocycles. The molecule has 0 bridgehead atoms. The zero-order valence-corrected chi connectivity index (χ0v) is 13.8. The average molecular weight is 299 g/mol. The van der Waals surface area contributed by atoms with Crippen molar-refractivity contribution in [3.05, 3.63) is 11.6 Å². The average Bonchev–Trinajstić information content (AvgIpc) is 3.36. The first-order valence-electron chi connectivity index (χ1n) is 8.27. The Morgan fingerprint density at radius 1 is 1.45 bits per heavy atom. The Balaban J connectivity index is 2.18. The highest BCUT2D eigenvalue weighted by Gasteiger charge is 2.60. The largest absolute Gasteiger partial charge is 0.376 e. The van der Waals surface area contributed by atoms with Crippen LogP contribution in [0.4, 0.5) is 0 Å². The van der Waals surface area contributed by atoms with Gasteiger partial charge < -0.3 is 5.11 Å². The molecule has 2 fully saturated rings. The van der Waals surface area contributed by atoms with Crippen LogP contribution in [0.2, 0.25) is 0 Å². The number of ketones is 1. The fourth-order valence-corrected chi connectivity index (χ4v) is 2.78. The van der Waals surface area contributed by atoms with Gasteiger partial charge >= 0.3 is 0 Å². The molecule has 0 saturated heterocycles. The fourth-order valence-electron chi connectivity index (χ4n) is 2.78. The normalized spacial score (nSPS) is 22.3. The molecule has 0 radical (unpaired) electrons. The van der Waals surface area contributed by atoms with Gasteiger partial charge in [-0.1, -0.05) is 32.6 Å². The lowest BCUT2D eigenvalue weighted by molar-refractivity contribution is -0.114. The molecule has 0 aromatic heterocycles. The van der Waals surface area contributed by atoms with Gasteiger partial charge in [0.25, 0.3) is 0 Å². The molecule has 118 valence electrons.